The summed E-state index contributed by atoms with van der Waals surface area (Å²) in [6, 6.07) is 14.9. The Bertz CT molecular complexity index is 1460. The molecule has 1 N–H and O–H groups in total. The number of halogens is 2. The number of nitrogens with zero attached hydrogens (tertiary/aromatic N) is 2. The van der Waals surface area contributed by atoms with Crippen LogP contribution in [0.5, 0.6) is 0 Å². The van der Waals surface area contributed by atoms with Crippen LogP contribution in [0.1, 0.15) is 22.7 Å². The summed E-state index contributed by atoms with van der Waals surface area (Å²) in [4.78, 5) is 32.0. The predicted molar refractivity (Wildman–Crippen MR) is 122 cm³/mol. The van der Waals surface area contributed by atoms with Crippen molar-refractivity contribution in [1.29, 1.82) is 0 Å². The average molecular weight is 462 g/mol. The minimum atomic E-state index is -1.10. The standard InChI is InChI=1S/C25H16F2N2O3S/c1-13-5-10-18-19(11-13)33-25(28-18)29-21(15-3-2-4-17(27)12-15)20(23(31)24(29)32)22(30)14-6-8-16(26)9-7-14/h2-12,21,30H,1H3/b22-20+/t21-/m1/s1. The third-order valence-corrected chi connectivity index (χ3v) is 6.48. The van der Waals surface area contributed by atoms with Crippen LogP contribution in [0, 0.1) is 18.6 Å². The first-order chi connectivity index (χ1) is 15.8. The number of ketones is 1. The Morgan fingerprint density at radius 2 is 1.76 bits per heavy atom. The van der Waals surface area contributed by atoms with Crippen LogP contribution in [0.15, 0.2) is 72.3 Å². The molecule has 3 aromatic carbocycles. The second-order valence-electron chi connectivity index (χ2n) is 7.70. The molecule has 1 saturated heterocycles. The number of rotatable bonds is 3. The van der Waals surface area contributed by atoms with E-state index in [9.17, 15) is 23.5 Å². The fourth-order valence-electron chi connectivity index (χ4n) is 3.91. The lowest BCUT2D eigenvalue weighted by Crippen LogP contribution is -2.29. The van der Waals surface area contributed by atoms with Gasteiger partial charge in [0.1, 0.15) is 17.4 Å². The van der Waals surface area contributed by atoms with Gasteiger partial charge < -0.3 is 5.11 Å². The van der Waals surface area contributed by atoms with E-state index in [4.69, 9.17) is 0 Å². The molecule has 1 amide bonds. The molecule has 1 aliphatic rings. The van der Waals surface area contributed by atoms with Crippen LogP contribution < -0.4 is 4.90 Å². The van der Waals surface area contributed by atoms with Crippen molar-refractivity contribution in [2.24, 2.45) is 0 Å². The zero-order valence-corrected chi connectivity index (χ0v) is 18.1. The zero-order valence-electron chi connectivity index (χ0n) is 17.3. The first kappa shape index (κ1) is 21.0. The molecule has 33 heavy (non-hydrogen) atoms. The number of hydrogen-bond acceptors (Lipinski definition) is 5. The van der Waals surface area contributed by atoms with Crippen LogP contribution in [0.4, 0.5) is 13.9 Å². The number of thiazole rings is 1. The number of hydrogen-bond donors (Lipinski definition) is 1. The summed E-state index contributed by atoms with van der Waals surface area (Å²) in [5.74, 6) is -3.36. The number of benzene rings is 3. The van der Waals surface area contributed by atoms with Gasteiger partial charge in [-0.25, -0.2) is 13.8 Å². The SMILES string of the molecule is Cc1ccc2nc(N3C(=O)C(=O)/C(=C(/O)c4ccc(F)cc4)[C@H]3c3cccc(F)c3)sc2c1. The lowest BCUT2D eigenvalue weighted by Gasteiger charge is -2.23. The fraction of sp³-hybridized carbons (Fsp3) is 0.0800. The van der Waals surface area contributed by atoms with Gasteiger partial charge in [-0.1, -0.05) is 29.5 Å². The Hall–Kier alpha value is -3.91. The van der Waals surface area contributed by atoms with E-state index in [1.165, 1.54) is 46.6 Å². The number of aryl methyl sites for hydroxylation is 1. The minimum Gasteiger partial charge on any atom is -0.507 e. The van der Waals surface area contributed by atoms with Crippen molar-refractivity contribution in [1.82, 2.24) is 4.98 Å². The number of Topliss-reactive ketones (excluding diaryl/α,β-unsaturated/α-hetero) is 1. The number of aliphatic hydroxyl groups is 1. The van der Waals surface area contributed by atoms with Crippen molar-refractivity contribution < 1.29 is 23.5 Å². The number of carbonyl (C=O) groups is 2. The normalized spacial score (nSPS) is 17.8. The van der Waals surface area contributed by atoms with Gasteiger partial charge in [-0.3, -0.25) is 14.5 Å². The van der Waals surface area contributed by atoms with Crippen LogP contribution in [0.3, 0.4) is 0 Å². The maximum Gasteiger partial charge on any atom is 0.301 e. The third-order valence-electron chi connectivity index (χ3n) is 5.47. The fourth-order valence-corrected chi connectivity index (χ4v) is 5.00. The largest absolute Gasteiger partial charge is 0.507 e. The van der Waals surface area contributed by atoms with Gasteiger partial charge in [0.05, 0.1) is 21.8 Å². The van der Waals surface area contributed by atoms with Crippen molar-refractivity contribution in [3.63, 3.8) is 0 Å². The van der Waals surface area contributed by atoms with Crippen LogP contribution >= 0.6 is 11.3 Å². The summed E-state index contributed by atoms with van der Waals surface area (Å²) in [5, 5.41) is 11.2. The molecule has 164 valence electrons. The molecule has 1 aromatic heterocycles. The average Bonchev–Trinajstić information content (AvgIpc) is 3.32. The molecule has 4 aromatic rings. The molecule has 0 radical (unpaired) electrons. The molecule has 0 aliphatic carbocycles. The number of carbonyl (C=O) groups excluding carboxylic acids is 2. The van der Waals surface area contributed by atoms with Crippen LogP contribution in [0.25, 0.3) is 16.0 Å². The van der Waals surface area contributed by atoms with Gasteiger partial charge in [-0.2, -0.15) is 0 Å². The molecule has 0 bridgehead atoms. The molecular formula is C25H16F2N2O3S. The highest BCUT2D eigenvalue weighted by atomic mass is 32.1. The van der Waals surface area contributed by atoms with E-state index in [-0.39, 0.29) is 16.3 Å². The molecule has 1 fully saturated rings. The lowest BCUT2D eigenvalue weighted by molar-refractivity contribution is -0.132. The Morgan fingerprint density at radius 3 is 2.48 bits per heavy atom. The summed E-state index contributed by atoms with van der Waals surface area (Å²) < 4.78 is 28.3. The minimum absolute atomic E-state index is 0.163. The zero-order chi connectivity index (χ0) is 23.3. The highest BCUT2D eigenvalue weighted by Crippen LogP contribution is 2.44. The smallest absolute Gasteiger partial charge is 0.301 e. The maximum atomic E-state index is 14.1. The van der Waals surface area contributed by atoms with E-state index < -0.39 is 35.1 Å². The molecule has 5 nitrogen and oxygen atoms in total. The molecule has 2 heterocycles. The quantitative estimate of drug-likeness (QED) is 0.248. The number of fused-ring (bicyclic) bond motifs is 1. The Morgan fingerprint density at radius 1 is 1.00 bits per heavy atom. The first-order valence-electron chi connectivity index (χ1n) is 10.0. The third kappa shape index (κ3) is 3.58. The van der Waals surface area contributed by atoms with E-state index in [1.807, 2.05) is 25.1 Å². The first-order valence-corrected chi connectivity index (χ1v) is 10.8. The Labute approximate surface area is 191 Å². The molecule has 0 spiro atoms. The van der Waals surface area contributed by atoms with Gasteiger partial charge in [0.25, 0.3) is 5.78 Å². The lowest BCUT2D eigenvalue weighted by atomic mass is 9.95. The number of amides is 1. The summed E-state index contributed by atoms with van der Waals surface area (Å²) >= 11 is 1.22. The maximum absolute atomic E-state index is 14.1. The molecule has 0 saturated carbocycles. The highest BCUT2D eigenvalue weighted by molar-refractivity contribution is 7.22. The second-order valence-corrected chi connectivity index (χ2v) is 8.71. The van der Waals surface area contributed by atoms with Crippen molar-refractivity contribution in [2.45, 2.75) is 13.0 Å². The molecular weight excluding hydrogens is 446 g/mol. The van der Waals surface area contributed by atoms with Gasteiger partial charge >= 0.3 is 5.91 Å². The van der Waals surface area contributed by atoms with Crippen molar-refractivity contribution in [2.75, 3.05) is 4.90 Å². The van der Waals surface area contributed by atoms with Gasteiger partial charge in [0.15, 0.2) is 5.13 Å². The van der Waals surface area contributed by atoms with E-state index in [0.717, 1.165) is 22.4 Å². The van der Waals surface area contributed by atoms with Gasteiger partial charge in [-0.15, -0.1) is 0 Å². The number of anilines is 1. The van der Waals surface area contributed by atoms with Crippen molar-refractivity contribution >= 4 is 44.1 Å². The van der Waals surface area contributed by atoms with E-state index >= 15 is 0 Å². The predicted octanol–water partition coefficient (Wildman–Crippen LogP) is 5.51. The van der Waals surface area contributed by atoms with Crippen molar-refractivity contribution in [3.05, 3.63) is 101 Å². The summed E-state index contributed by atoms with van der Waals surface area (Å²) in [5.41, 5.74) is 1.91. The highest BCUT2D eigenvalue weighted by Gasteiger charge is 2.48. The van der Waals surface area contributed by atoms with Crippen LogP contribution in [0.2, 0.25) is 0 Å². The molecule has 1 aliphatic heterocycles. The monoisotopic (exact) mass is 462 g/mol. The van der Waals surface area contributed by atoms with Crippen LogP contribution in [-0.2, 0) is 9.59 Å². The molecule has 8 heteroatoms. The number of aromatic nitrogens is 1. The van der Waals surface area contributed by atoms with E-state index in [1.54, 1.807) is 6.07 Å². The topological polar surface area (TPSA) is 70.5 Å². The summed E-state index contributed by atoms with van der Waals surface area (Å²) in [6.07, 6.45) is 0. The number of aliphatic hydroxyl groups excluding tert-OH is 1. The van der Waals surface area contributed by atoms with Gasteiger partial charge in [0.2, 0.25) is 0 Å². The van der Waals surface area contributed by atoms with E-state index in [0.29, 0.717) is 11.1 Å². The summed E-state index contributed by atoms with van der Waals surface area (Å²) in [6.45, 7) is 1.93. The van der Waals surface area contributed by atoms with Crippen molar-refractivity contribution in [3.8, 4) is 0 Å². The van der Waals surface area contributed by atoms with Gasteiger partial charge in [-0.05, 0) is 66.6 Å². The molecule has 1 atom stereocenters. The van der Waals surface area contributed by atoms with E-state index in [2.05, 4.69) is 4.98 Å². The Kier molecular flexibility index (Phi) is 5.02. The van der Waals surface area contributed by atoms with Gasteiger partial charge in [0, 0.05) is 5.56 Å². The molecule has 5 rings (SSSR count). The summed E-state index contributed by atoms with van der Waals surface area (Å²) in [7, 11) is 0. The Balaban J connectivity index is 1.74. The second kappa shape index (κ2) is 7.90. The molecule has 0 unspecified atom stereocenters. The van der Waals surface area contributed by atoms with Crippen LogP contribution in [-0.4, -0.2) is 21.8 Å².